The summed E-state index contributed by atoms with van der Waals surface area (Å²) in [5, 5.41) is 13.0. The van der Waals surface area contributed by atoms with Crippen LogP contribution < -0.4 is 14.8 Å². The summed E-state index contributed by atoms with van der Waals surface area (Å²) >= 11 is 0. The average Bonchev–Trinajstić information content (AvgIpc) is 2.45. The van der Waals surface area contributed by atoms with Gasteiger partial charge < -0.3 is 19.9 Å². The Labute approximate surface area is 111 Å². The number of fused-ring (bicyclic) bond motifs is 1. The van der Waals surface area contributed by atoms with E-state index in [9.17, 15) is 9.50 Å². The minimum Gasteiger partial charge on any atom is -0.505 e. The summed E-state index contributed by atoms with van der Waals surface area (Å²) in [6.07, 6.45) is 2.63. The highest BCUT2D eigenvalue weighted by molar-refractivity contribution is 5.53. The van der Waals surface area contributed by atoms with Crippen LogP contribution in [-0.2, 0) is 6.42 Å². The van der Waals surface area contributed by atoms with E-state index in [1.165, 1.54) is 6.07 Å². The molecule has 1 aromatic carbocycles. The van der Waals surface area contributed by atoms with Gasteiger partial charge in [0.15, 0.2) is 23.1 Å². The second-order valence-corrected chi connectivity index (χ2v) is 5.11. The van der Waals surface area contributed by atoms with Crippen molar-refractivity contribution in [2.24, 2.45) is 5.92 Å². The van der Waals surface area contributed by atoms with Gasteiger partial charge in [-0.25, -0.2) is 4.39 Å². The third kappa shape index (κ3) is 2.47. The molecule has 2 N–H and O–H groups in total. The number of aromatic hydroxyl groups is 1. The highest BCUT2D eigenvalue weighted by Crippen LogP contribution is 2.41. The van der Waals surface area contributed by atoms with Crippen molar-refractivity contribution in [3.05, 3.63) is 17.4 Å². The van der Waals surface area contributed by atoms with Gasteiger partial charge in [0.1, 0.15) is 13.2 Å². The Hall–Kier alpha value is -1.49. The molecule has 2 aliphatic heterocycles. The zero-order valence-corrected chi connectivity index (χ0v) is 10.7. The Morgan fingerprint density at radius 2 is 2.00 bits per heavy atom. The Kier molecular flexibility index (Phi) is 3.46. The summed E-state index contributed by atoms with van der Waals surface area (Å²) in [5.74, 6) is 0.428. The SMILES string of the molecule is Oc1cc2c(c(CC3CCNCC3)c1F)OCCO2. The minimum absolute atomic E-state index is 0.354. The summed E-state index contributed by atoms with van der Waals surface area (Å²) in [5.41, 5.74) is 0.460. The molecule has 0 saturated carbocycles. The van der Waals surface area contributed by atoms with Gasteiger partial charge in [-0.1, -0.05) is 0 Å². The normalized spacial score (nSPS) is 19.4. The molecule has 0 unspecified atom stereocenters. The lowest BCUT2D eigenvalue weighted by Gasteiger charge is -2.26. The lowest BCUT2D eigenvalue weighted by molar-refractivity contribution is 0.166. The number of hydrogen-bond donors (Lipinski definition) is 2. The van der Waals surface area contributed by atoms with Crippen molar-refractivity contribution in [1.29, 1.82) is 0 Å². The topological polar surface area (TPSA) is 50.7 Å². The summed E-state index contributed by atoms with van der Waals surface area (Å²) in [6.45, 7) is 2.79. The summed E-state index contributed by atoms with van der Waals surface area (Å²) in [6, 6.07) is 1.30. The fourth-order valence-corrected chi connectivity index (χ4v) is 2.77. The molecule has 1 saturated heterocycles. The minimum atomic E-state index is -0.567. The third-order valence-electron chi connectivity index (χ3n) is 3.79. The lowest BCUT2D eigenvalue weighted by atomic mass is 9.90. The highest BCUT2D eigenvalue weighted by atomic mass is 19.1. The largest absolute Gasteiger partial charge is 0.505 e. The van der Waals surface area contributed by atoms with E-state index < -0.39 is 5.82 Å². The van der Waals surface area contributed by atoms with Crippen LogP contribution in [0.4, 0.5) is 4.39 Å². The average molecular weight is 267 g/mol. The monoisotopic (exact) mass is 267 g/mol. The Balaban J connectivity index is 1.91. The van der Waals surface area contributed by atoms with Crippen LogP contribution in [-0.4, -0.2) is 31.4 Å². The van der Waals surface area contributed by atoms with Gasteiger partial charge in [0, 0.05) is 11.6 Å². The summed E-state index contributed by atoms with van der Waals surface area (Å²) in [4.78, 5) is 0. The van der Waals surface area contributed by atoms with Gasteiger partial charge in [0.2, 0.25) is 0 Å². The molecule has 0 amide bonds. The number of hydrogen-bond acceptors (Lipinski definition) is 4. The number of phenols is 1. The van der Waals surface area contributed by atoms with E-state index in [-0.39, 0.29) is 5.75 Å². The first-order chi connectivity index (χ1) is 9.25. The highest BCUT2D eigenvalue weighted by Gasteiger charge is 2.26. The van der Waals surface area contributed by atoms with E-state index >= 15 is 0 Å². The number of ether oxygens (including phenoxy) is 2. The zero-order chi connectivity index (χ0) is 13.2. The maximum Gasteiger partial charge on any atom is 0.171 e. The van der Waals surface area contributed by atoms with Crippen molar-refractivity contribution in [2.75, 3.05) is 26.3 Å². The molecule has 0 aromatic heterocycles. The molecule has 104 valence electrons. The van der Waals surface area contributed by atoms with Crippen molar-refractivity contribution in [1.82, 2.24) is 5.32 Å². The molecule has 0 atom stereocenters. The van der Waals surface area contributed by atoms with E-state index in [1.54, 1.807) is 0 Å². The fourth-order valence-electron chi connectivity index (χ4n) is 2.77. The number of nitrogens with one attached hydrogen (secondary N) is 1. The van der Waals surface area contributed by atoms with Crippen molar-refractivity contribution in [3.63, 3.8) is 0 Å². The molecule has 2 aliphatic rings. The second-order valence-electron chi connectivity index (χ2n) is 5.11. The predicted molar refractivity (Wildman–Crippen MR) is 68.4 cm³/mol. The van der Waals surface area contributed by atoms with Crippen LogP contribution in [0.15, 0.2) is 6.07 Å². The molecule has 1 fully saturated rings. The van der Waals surface area contributed by atoms with Crippen LogP contribution in [0.25, 0.3) is 0 Å². The van der Waals surface area contributed by atoms with Crippen LogP contribution in [0.2, 0.25) is 0 Å². The van der Waals surface area contributed by atoms with Crippen LogP contribution in [0.3, 0.4) is 0 Å². The first kappa shape index (κ1) is 12.5. The molecular weight excluding hydrogens is 249 g/mol. The molecule has 1 aromatic rings. The molecule has 0 bridgehead atoms. The lowest BCUT2D eigenvalue weighted by Crippen LogP contribution is -2.29. The third-order valence-corrected chi connectivity index (χ3v) is 3.79. The standard InChI is InChI=1S/C14H18FNO3/c15-13-10(7-9-1-3-16-4-2-9)14-12(8-11(13)17)18-5-6-19-14/h8-9,16-17H,1-7H2. The van der Waals surface area contributed by atoms with Gasteiger partial charge in [-0.15, -0.1) is 0 Å². The van der Waals surface area contributed by atoms with Gasteiger partial charge in [-0.05, 0) is 38.3 Å². The molecule has 0 radical (unpaired) electrons. The molecule has 4 nitrogen and oxygen atoms in total. The summed E-state index contributed by atoms with van der Waals surface area (Å²) < 4.78 is 25.1. The first-order valence-electron chi connectivity index (χ1n) is 6.76. The first-order valence-corrected chi connectivity index (χ1v) is 6.76. The molecule has 0 spiro atoms. The molecule has 0 aliphatic carbocycles. The van der Waals surface area contributed by atoms with Gasteiger partial charge in [0.05, 0.1) is 0 Å². The second kappa shape index (κ2) is 5.25. The van der Waals surface area contributed by atoms with Gasteiger partial charge in [-0.2, -0.15) is 0 Å². The number of rotatable bonds is 2. The summed E-state index contributed by atoms with van der Waals surface area (Å²) in [7, 11) is 0. The van der Waals surface area contributed by atoms with Crippen LogP contribution in [0, 0.1) is 11.7 Å². The number of piperidine rings is 1. The number of halogens is 1. The van der Waals surface area contributed by atoms with E-state index in [0.717, 1.165) is 25.9 Å². The molecule has 2 heterocycles. The van der Waals surface area contributed by atoms with Gasteiger partial charge >= 0.3 is 0 Å². The van der Waals surface area contributed by atoms with E-state index in [4.69, 9.17) is 9.47 Å². The maximum atomic E-state index is 14.1. The van der Waals surface area contributed by atoms with Gasteiger partial charge in [0.25, 0.3) is 0 Å². The van der Waals surface area contributed by atoms with E-state index in [1.807, 2.05) is 0 Å². The van der Waals surface area contributed by atoms with Crippen LogP contribution in [0.1, 0.15) is 18.4 Å². The molecule has 5 heteroatoms. The maximum absolute atomic E-state index is 14.1. The van der Waals surface area contributed by atoms with E-state index in [0.29, 0.717) is 42.6 Å². The zero-order valence-electron chi connectivity index (χ0n) is 10.7. The molecular formula is C14H18FNO3. The van der Waals surface area contributed by atoms with Crippen molar-refractivity contribution < 1.29 is 19.0 Å². The fraction of sp³-hybridized carbons (Fsp3) is 0.571. The van der Waals surface area contributed by atoms with Crippen molar-refractivity contribution in [3.8, 4) is 17.2 Å². The van der Waals surface area contributed by atoms with Crippen molar-refractivity contribution in [2.45, 2.75) is 19.3 Å². The predicted octanol–water partition coefficient (Wildman–Crippen LogP) is 1.84. The number of phenolic OH excluding ortho intramolecular Hbond substituents is 1. The Morgan fingerprint density at radius 3 is 2.79 bits per heavy atom. The van der Waals surface area contributed by atoms with Crippen LogP contribution >= 0.6 is 0 Å². The molecule has 19 heavy (non-hydrogen) atoms. The van der Waals surface area contributed by atoms with Crippen molar-refractivity contribution >= 4 is 0 Å². The number of benzene rings is 1. The van der Waals surface area contributed by atoms with Crippen LogP contribution in [0.5, 0.6) is 17.2 Å². The smallest absolute Gasteiger partial charge is 0.171 e. The Morgan fingerprint density at radius 1 is 1.26 bits per heavy atom. The quantitative estimate of drug-likeness (QED) is 0.858. The Bertz CT molecular complexity index is 472. The molecule has 3 rings (SSSR count). The van der Waals surface area contributed by atoms with Gasteiger partial charge in [-0.3, -0.25) is 0 Å². The van der Waals surface area contributed by atoms with E-state index in [2.05, 4.69) is 5.32 Å².